The third kappa shape index (κ3) is 3.31. The molecule has 2 N–H and O–H groups in total. The summed E-state index contributed by atoms with van der Waals surface area (Å²) in [4.78, 5) is 15.9. The molecule has 2 aromatic rings. The van der Waals surface area contributed by atoms with Gasteiger partial charge in [0.1, 0.15) is 6.07 Å². The van der Waals surface area contributed by atoms with Crippen molar-refractivity contribution < 1.29 is 9.53 Å². The van der Waals surface area contributed by atoms with Gasteiger partial charge in [0.25, 0.3) is 0 Å². The molecule has 0 aliphatic heterocycles. The van der Waals surface area contributed by atoms with Crippen LogP contribution in [0, 0.1) is 23.7 Å². The van der Waals surface area contributed by atoms with Crippen LogP contribution < -0.4 is 5.73 Å². The molecule has 0 spiro atoms. The van der Waals surface area contributed by atoms with E-state index in [0.29, 0.717) is 16.1 Å². The number of nitriles is 1. The molecule has 0 unspecified atom stereocenters. The van der Waals surface area contributed by atoms with Crippen LogP contribution in [-0.4, -0.2) is 28.8 Å². The van der Waals surface area contributed by atoms with Crippen LogP contribution >= 0.6 is 11.6 Å². The molecule has 0 saturated carbocycles. The van der Waals surface area contributed by atoms with Crippen molar-refractivity contribution in [2.75, 3.05) is 6.61 Å². The molecule has 1 heterocycles. The maximum atomic E-state index is 12.0. The summed E-state index contributed by atoms with van der Waals surface area (Å²) in [6, 6.07) is 8.54. The van der Waals surface area contributed by atoms with Gasteiger partial charge in [-0.1, -0.05) is 29.7 Å². The monoisotopic (exact) mass is 327 g/mol. The number of benzene rings is 1. The van der Waals surface area contributed by atoms with Gasteiger partial charge in [-0.05, 0) is 17.7 Å². The van der Waals surface area contributed by atoms with E-state index in [1.54, 1.807) is 24.3 Å². The second-order valence-electron chi connectivity index (χ2n) is 4.11. The second-order valence-corrected chi connectivity index (χ2v) is 4.55. The van der Waals surface area contributed by atoms with E-state index in [4.69, 9.17) is 28.5 Å². The summed E-state index contributed by atoms with van der Waals surface area (Å²) in [6.45, 7) is -0.233. The van der Waals surface area contributed by atoms with Crippen molar-refractivity contribution in [3.05, 3.63) is 35.0 Å². The third-order valence-corrected chi connectivity index (χ3v) is 3.00. The maximum absolute atomic E-state index is 12.0. The molecule has 23 heavy (non-hydrogen) atoms. The minimum atomic E-state index is -0.861. The van der Waals surface area contributed by atoms with Crippen LogP contribution in [0.2, 0.25) is 5.02 Å². The lowest BCUT2D eigenvalue weighted by atomic mass is 10.1. The Morgan fingerprint density at radius 2 is 2.22 bits per heavy atom. The molecule has 7 nitrogen and oxygen atoms in total. The number of ether oxygens (including phenoxy) is 1. The number of aliphatic imine (C=N–C) groups is 1. The minimum Gasteiger partial charge on any atom is -0.435 e. The first-order valence-electron chi connectivity index (χ1n) is 6.26. The van der Waals surface area contributed by atoms with Crippen molar-refractivity contribution in [1.82, 2.24) is 9.78 Å². The average Bonchev–Trinajstić information content (AvgIpc) is 2.92. The number of carbonyl (C=O) groups excluding carboxylic acids is 1. The Labute approximate surface area is 136 Å². The van der Waals surface area contributed by atoms with Gasteiger partial charge < -0.3 is 10.5 Å². The highest BCUT2D eigenvalue weighted by molar-refractivity contribution is 6.30. The number of rotatable bonds is 3. The number of nitrogens with two attached hydrogens (primary N) is 1. The number of terminal acetylenes is 1. The van der Waals surface area contributed by atoms with E-state index in [2.05, 4.69) is 16.0 Å². The van der Waals surface area contributed by atoms with Crippen LogP contribution in [0.15, 0.2) is 29.3 Å². The molecule has 0 fully saturated rings. The number of hydrogen-bond donors (Lipinski definition) is 1. The van der Waals surface area contributed by atoms with Gasteiger partial charge in [0.2, 0.25) is 0 Å². The topological polar surface area (TPSA) is 106 Å². The second kappa shape index (κ2) is 7.12. The van der Waals surface area contributed by atoms with Gasteiger partial charge in [-0.25, -0.2) is 9.79 Å². The maximum Gasteiger partial charge on any atom is 0.437 e. The number of carbonyl (C=O) groups is 1. The van der Waals surface area contributed by atoms with E-state index in [-0.39, 0.29) is 18.1 Å². The van der Waals surface area contributed by atoms with Gasteiger partial charge >= 0.3 is 6.09 Å². The Bertz CT molecular complexity index is 840. The molecular weight excluding hydrogens is 318 g/mol. The van der Waals surface area contributed by atoms with Crippen molar-refractivity contribution in [1.29, 1.82) is 5.26 Å². The fraction of sp³-hybridized carbons (Fsp3) is 0.0667. The molecule has 0 radical (unpaired) electrons. The summed E-state index contributed by atoms with van der Waals surface area (Å²) in [5.41, 5.74) is 6.26. The van der Waals surface area contributed by atoms with Crippen LogP contribution in [0.4, 0.5) is 10.6 Å². The summed E-state index contributed by atoms with van der Waals surface area (Å²) < 4.78 is 5.65. The number of nitrogens with zero attached hydrogens (tertiary/aromatic N) is 4. The highest BCUT2D eigenvalue weighted by atomic mass is 35.5. The largest absolute Gasteiger partial charge is 0.437 e. The molecule has 1 aromatic heterocycles. The van der Waals surface area contributed by atoms with Crippen molar-refractivity contribution in [3.8, 4) is 29.5 Å². The normalized spacial score (nSPS) is 10.2. The molecule has 0 amide bonds. The highest BCUT2D eigenvalue weighted by Gasteiger charge is 2.23. The average molecular weight is 328 g/mol. The van der Waals surface area contributed by atoms with Crippen LogP contribution in [0.3, 0.4) is 0 Å². The number of hydrogen-bond acceptors (Lipinski definition) is 5. The molecule has 2 rings (SSSR count). The van der Waals surface area contributed by atoms with Gasteiger partial charge in [-0.3, -0.25) is 0 Å². The van der Waals surface area contributed by atoms with E-state index in [1.165, 1.54) is 0 Å². The van der Waals surface area contributed by atoms with Crippen molar-refractivity contribution in [2.45, 2.75) is 0 Å². The first-order chi connectivity index (χ1) is 11.1. The quantitative estimate of drug-likeness (QED) is 0.529. The Morgan fingerprint density at radius 3 is 2.78 bits per heavy atom. The van der Waals surface area contributed by atoms with Gasteiger partial charge in [0.05, 0.1) is 11.9 Å². The summed E-state index contributed by atoms with van der Waals surface area (Å²) in [6.07, 6.45) is 5.17. The molecule has 1 aromatic carbocycles. The lowest BCUT2D eigenvalue weighted by Gasteiger charge is -2.04. The molecule has 114 valence electrons. The van der Waals surface area contributed by atoms with Gasteiger partial charge in [-0.2, -0.15) is 5.26 Å². The Kier molecular flexibility index (Phi) is 4.98. The molecule has 0 atom stereocenters. The van der Waals surface area contributed by atoms with Crippen molar-refractivity contribution >= 4 is 29.9 Å². The minimum absolute atomic E-state index is 0.00872. The third-order valence-electron chi connectivity index (χ3n) is 2.75. The highest BCUT2D eigenvalue weighted by Crippen LogP contribution is 2.34. The first-order valence-corrected chi connectivity index (χ1v) is 6.64. The lowest BCUT2D eigenvalue weighted by molar-refractivity contribution is 0.159. The Balaban J connectivity index is 2.63. The standard InChI is InChI=1S/C15H10ClN5O2/c1-2-7-23-15(22)21-14(19-9-18)13(12(8-17)20-21)10-3-5-11(16)6-4-10/h1,3-6,9H,7H2,(H2,18,19). The van der Waals surface area contributed by atoms with E-state index in [9.17, 15) is 10.1 Å². The fourth-order valence-electron chi connectivity index (χ4n) is 1.85. The summed E-state index contributed by atoms with van der Waals surface area (Å²) in [5, 5.41) is 13.7. The van der Waals surface area contributed by atoms with E-state index in [0.717, 1.165) is 11.0 Å². The zero-order chi connectivity index (χ0) is 16.8. The molecule has 0 bridgehead atoms. The number of aromatic nitrogens is 2. The van der Waals surface area contributed by atoms with Crippen molar-refractivity contribution in [3.63, 3.8) is 0 Å². The van der Waals surface area contributed by atoms with E-state index in [1.807, 2.05) is 6.07 Å². The van der Waals surface area contributed by atoms with Crippen LogP contribution in [0.25, 0.3) is 11.1 Å². The van der Waals surface area contributed by atoms with Gasteiger partial charge in [0.15, 0.2) is 18.1 Å². The molecule has 0 aliphatic carbocycles. The summed E-state index contributed by atoms with van der Waals surface area (Å²) in [5.74, 6) is 2.23. The number of halogens is 1. The predicted molar refractivity (Wildman–Crippen MR) is 85.3 cm³/mol. The van der Waals surface area contributed by atoms with E-state index >= 15 is 0 Å². The zero-order valence-electron chi connectivity index (χ0n) is 11.7. The SMILES string of the molecule is C#CCOC(=O)n1nc(C#N)c(-c2ccc(Cl)cc2)c1/N=C\N. The van der Waals surface area contributed by atoms with Crippen LogP contribution in [0.1, 0.15) is 5.69 Å². The Hall–Kier alpha value is -3.29. The first kappa shape index (κ1) is 16.1. The van der Waals surface area contributed by atoms with Crippen molar-refractivity contribution in [2.24, 2.45) is 10.7 Å². The molecule has 8 heteroatoms. The lowest BCUT2D eigenvalue weighted by Crippen LogP contribution is -2.15. The van der Waals surface area contributed by atoms with Crippen LogP contribution in [0.5, 0.6) is 0 Å². The summed E-state index contributed by atoms with van der Waals surface area (Å²) in [7, 11) is 0. The smallest absolute Gasteiger partial charge is 0.435 e. The predicted octanol–water partition coefficient (Wildman–Crippen LogP) is 2.31. The fourth-order valence-corrected chi connectivity index (χ4v) is 1.98. The molecule has 0 saturated heterocycles. The van der Waals surface area contributed by atoms with Gasteiger partial charge in [-0.15, -0.1) is 16.2 Å². The molecule has 0 aliphatic rings. The zero-order valence-corrected chi connectivity index (χ0v) is 12.5. The molecular formula is C15H10ClN5O2. The van der Waals surface area contributed by atoms with E-state index < -0.39 is 6.09 Å². The summed E-state index contributed by atoms with van der Waals surface area (Å²) >= 11 is 5.86. The van der Waals surface area contributed by atoms with Gasteiger partial charge in [0, 0.05) is 5.02 Å². The van der Waals surface area contributed by atoms with Crippen LogP contribution in [-0.2, 0) is 4.74 Å². The Morgan fingerprint density at radius 1 is 1.52 bits per heavy atom.